The molecule has 17 heavy (non-hydrogen) atoms. The molecule has 2 heteroatoms. The van der Waals surface area contributed by atoms with Gasteiger partial charge in [0.05, 0.1) is 5.52 Å². The van der Waals surface area contributed by atoms with Gasteiger partial charge in [-0.1, -0.05) is 24.1 Å². The quantitative estimate of drug-likeness (QED) is 0.530. The van der Waals surface area contributed by atoms with E-state index in [2.05, 4.69) is 16.8 Å². The zero-order valence-corrected chi connectivity index (χ0v) is 9.17. The van der Waals surface area contributed by atoms with Gasteiger partial charge in [0.2, 0.25) is 0 Å². The summed E-state index contributed by atoms with van der Waals surface area (Å²) in [6, 6.07) is 13.9. The van der Waals surface area contributed by atoms with E-state index in [0.29, 0.717) is 0 Å². The number of hydrogen-bond acceptors (Lipinski definition) is 1. The third-order valence-corrected chi connectivity index (χ3v) is 2.55. The molecule has 0 bridgehead atoms. The van der Waals surface area contributed by atoms with Crippen LogP contribution in [0, 0.1) is 11.8 Å². The Morgan fingerprint density at radius 3 is 2.65 bits per heavy atom. The summed E-state index contributed by atoms with van der Waals surface area (Å²) in [5, 5.41) is 0. The average Bonchev–Trinajstić information content (AvgIpc) is 2.86. The molecule has 0 radical (unpaired) electrons. The van der Waals surface area contributed by atoms with E-state index in [1.54, 1.807) is 6.20 Å². The van der Waals surface area contributed by atoms with Crippen LogP contribution in [0.1, 0.15) is 11.3 Å². The van der Waals surface area contributed by atoms with Crippen molar-refractivity contribution in [3.63, 3.8) is 0 Å². The molecule has 3 aromatic rings. The Kier molecular flexibility index (Phi) is 2.36. The van der Waals surface area contributed by atoms with Crippen molar-refractivity contribution in [2.75, 3.05) is 0 Å². The van der Waals surface area contributed by atoms with E-state index in [0.717, 1.165) is 16.8 Å². The predicted molar refractivity (Wildman–Crippen MR) is 67.6 cm³/mol. The van der Waals surface area contributed by atoms with Crippen molar-refractivity contribution < 1.29 is 0 Å². The molecular formula is C15H10N2. The van der Waals surface area contributed by atoms with Gasteiger partial charge < -0.3 is 4.40 Å². The molecule has 0 N–H and O–H groups in total. The SMILES string of the molecule is C(#Cc1nccn2cccc12)c1ccccc1. The first kappa shape index (κ1) is 9.68. The van der Waals surface area contributed by atoms with Crippen molar-refractivity contribution in [2.24, 2.45) is 0 Å². The van der Waals surface area contributed by atoms with E-state index in [1.165, 1.54) is 0 Å². The molecule has 0 fully saturated rings. The van der Waals surface area contributed by atoms with Crippen molar-refractivity contribution >= 4 is 5.52 Å². The molecule has 0 atom stereocenters. The summed E-state index contributed by atoms with van der Waals surface area (Å²) in [5.74, 6) is 6.23. The molecule has 0 aliphatic heterocycles. The lowest BCUT2D eigenvalue weighted by atomic mass is 10.2. The lowest BCUT2D eigenvalue weighted by Crippen LogP contribution is -1.89. The van der Waals surface area contributed by atoms with Crippen LogP contribution in [-0.2, 0) is 0 Å². The predicted octanol–water partition coefficient (Wildman–Crippen LogP) is 2.73. The second kappa shape index (κ2) is 4.15. The van der Waals surface area contributed by atoms with Gasteiger partial charge in [0.1, 0.15) is 5.69 Å². The summed E-state index contributed by atoms with van der Waals surface area (Å²) >= 11 is 0. The molecule has 0 aliphatic carbocycles. The third-order valence-electron chi connectivity index (χ3n) is 2.55. The van der Waals surface area contributed by atoms with Crippen molar-refractivity contribution in [2.45, 2.75) is 0 Å². The number of benzene rings is 1. The van der Waals surface area contributed by atoms with Gasteiger partial charge in [-0.25, -0.2) is 4.98 Å². The van der Waals surface area contributed by atoms with Gasteiger partial charge in [-0.2, -0.15) is 0 Å². The normalized spacial score (nSPS) is 9.88. The van der Waals surface area contributed by atoms with Crippen LogP contribution in [0.25, 0.3) is 5.52 Å². The zero-order chi connectivity index (χ0) is 11.5. The first-order valence-corrected chi connectivity index (χ1v) is 5.42. The highest BCUT2D eigenvalue weighted by Gasteiger charge is 1.97. The standard InChI is InChI=1S/C15H10N2/c1-2-5-13(6-3-1)8-9-14-15-7-4-11-17(15)12-10-16-14/h1-7,10-12H. The fourth-order valence-electron chi connectivity index (χ4n) is 1.72. The molecule has 0 unspecified atom stereocenters. The molecule has 0 saturated carbocycles. The summed E-state index contributed by atoms with van der Waals surface area (Å²) in [6.45, 7) is 0. The summed E-state index contributed by atoms with van der Waals surface area (Å²) in [5.41, 5.74) is 2.85. The van der Waals surface area contributed by atoms with E-state index in [4.69, 9.17) is 0 Å². The van der Waals surface area contributed by atoms with E-state index in [1.807, 2.05) is 59.3 Å². The molecule has 3 rings (SSSR count). The van der Waals surface area contributed by atoms with Gasteiger partial charge in [-0.05, 0) is 30.2 Å². The van der Waals surface area contributed by atoms with Crippen LogP contribution in [0.5, 0.6) is 0 Å². The highest BCUT2D eigenvalue weighted by Crippen LogP contribution is 2.07. The van der Waals surface area contributed by atoms with Crippen LogP contribution in [0.2, 0.25) is 0 Å². The monoisotopic (exact) mass is 218 g/mol. The summed E-state index contributed by atoms with van der Waals surface area (Å²) in [6.07, 6.45) is 5.68. The number of nitrogens with zero attached hydrogens (tertiary/aromatic N) is 2. The number of fused-ring (bicyclic) bond motifs is 1. The Hall–Kier alpha value is -2.53. The molecular weight excluding hydrogens is 208 g/mol. The second-order valence-electron chi connectivity index (χ2n) is 3.69. The summed E-state index contributed by atoms with van der Waals surface area (Å²) < 4.78 is 2.02. The lowest BCUT2D eigenvalue weighted by molar-refractivity contribution is 1.13. The van der Waals surface area contributed by atoms with Gasteiger partial charge in [0.15, 0.2) is 0 Å². The molecule has 2 heterocycles. The lowest BCUT2D eigenvalue weighted by Gasteiger charge is -1.95. The van der Waals surface area contributed by atoms with Gasteiger partial charge in [0.25, 0.3) is 0 Å². The minimum absolute atomic E-state index is 0.807. The maximum Gasteiger partial charge on any atom is 0.137 e. The topological polar surface area (TPSA) is 17.3 Å². The zero-order valence-electron chi connectivity index (χ0n) is 9.17. The fourth-order valence-corrected chi connectivity index (χ4v) is 1.72. The maximum absolute atomic E-state index is 4.30. The molecule has 2 aromatic heterocycles. The Labute approximate surface area is 99.6 Å². The number of hydrogen-bond donors (Lipinski definition) is 0. The van der Waals surface area contributed by atoms with Gasteiger partial charge in [0, 0.05) is 24.2 Å². The van der Waals surface area contributed by atoms with Crippen LogP contribution >= 0.6 is 0 Å². The second-order valence-corrected chi connectivity index (χ2v) is 3.69. The minimum Gasteiger partial charge on any atom is -0.320 e. The van der Waals surface area contributed by atoms with Crippen LogP contribution in [0.4, 0.5) is 0 Å². The number of aromatic nitrogens is 2. The van der Waals surface area contributed by atoms with Gasteiger partial charge in [-0.3, -0.25) is 0 Å². The average molecular weight is 218 g/mol. The van der Waals surface area contributed by atoms with Gasteiger partial charge in [-0.15, -0.1) is 0 Å². The van der Waals surface area contributed by atoms with Gasteiger partial charge >= 0.3 is 0 Å². The highest BCUT2D eigenvalue weighted by atomic mass is 14.9. The van der Waals surface area contributed by atoms with E-state index >= 15 is 0 Å². The smallest absolute Gasteiger partial charge is 0.137 e. The molecule has 2 nitrogen and oxygen atoms in total. The highest BCUT2D eigenvalue weighted by molar-refractivity contribution is 5.60. The number of rotatable bonds is 0. The van der Waals surface area contributed by atoms with E-state index in [9.17, 15) is 0 Å². The molecule has 0 aliphatic rings. The Morgan fingerprint density at radius 1 is 0.882 bits per heavy atom. The van der Waals surface area contributed by atoms with Crippen LogP contribution in [0.3, 0.4) is 0 Å². The van der Waals surface area contributed by atoms with Crippen LogP contribution in [-0.4, -0.2) is 9.38 Å². The minimum atomic E-state index is 0.807. The third kappa shape index (κ3) is 1.91. The van der Waals surface area contributed by atoms with Crippen molar-refractivity contribution in [3.05, 3.63) is 72.3 Å². The summed E-state index contributed by atoms with van der Waals surface area (Å²) in [7, 11) is 0. The molecule has 0 amide bonds. The molecule has 80 valence electrons. The van der Waals surface area contributed by atoms with E-state index < -0.39 is 0 Å². The van der Waals surface area contributed by atoms with E-state index in [-0.39, 0.29) is 0 Å². The Morgan fingerprint density at radius 2 is 1.76 bits per heavy atom. The maximum atomic E-state index is 4.30. The van der Waals surface area contributed by atoms with Crippen molar-refractivity contribution in [1.29, 1.82) is 0 Å². The largest absolute Gasteiger partial charge is 0.320 e. The first-order valence-electron chi connectivity index (χ1n) is 5.42. The Bertz CT molecular complexity index is 700. The first-order chi connectivity index (χ1) is 8.43. The Balaban J connectivity index is 2.06. The van der Waals surface area contributed by atoms with Crippen molar-refractivity contribution in [1.82, 2.24) is 9.38 Å². The fraction of sp³-hybridized carbons (Fsp3) is 0. The van der Waals surface area contributed by atoms with Crippen LogP contribution < -0.4 is 0 Å². The molecule has 0 saturated heterocycles. The molecule has 0 spiro atoms. The van der Waals surface area contributed by atoms with Crippen molar-refractivity contribution in [3.8, 4) is 11.8 Å². The molecule has 1 aromatic carbocycles. The summed E-state index contributed by atoms with van der Waals surface area (Å²) in [4.78, 5) is 4.30. The van der Waals surface area contributed by atoms with Crippen LogP contribution in [0.15, 0.2) is 61.1 Å².